The number of amides is 2. The zero-order valence-electron chi connectivity index (χ0n) is 14.7. The summed E-state index contributed by atoms with van der Waals surface area (Å²) in [7, 11) is 2.05. The van der Waals surface area contributed by atoms with Crippen LogP contribution >= 0.6 is 0 Å². The molecule has 0 saturated carbocycles. The lowest BCUT2D eigenvalue weighted by Gasteiger charge is -2.32. The number of benzene rings is 2. The molecule has 3 rings (SSSR count). The van der Waals surface area contributed by atoms with Crippen molar-refractivity contribution in [3.8, 4) is 0 Å². The largest absolute Gasteiger partial charge is 0.336 e. The molecule has 1 fully saturated rings. The number of carbonyl (C=O) groups excluding carboxylic acids is 2. The van der Waals surface area contributed by atoms with E-state index in [4.69, 9.17) is 0 Å². The molecule has 0 bridgehead atoms. The number of rotatable bonds is 4. The van der Waals surface area contributed by atoms with Crippen LogP contribution < -0.4 is 5.32 Å². The molecule has 6 heteroatoms. The number of hydrogen-bond donors (Lipinski definition) is 1. The minimum absolute atomic E-state index is 0.0160. The van der Waals surface area contributed by atoms with Crippen LogP contribution in [0.3, 0.4) is 0 Å². The maximum Gasteiger partial charge on any atom is 0.253 e. The van der Waals surface area contributed by atoms with Crippen LogP contribution in [0.25, 0.3) is 0 Å². The smallest absolute Gasteiger partial charge is 0.253 e. The molecule has 0 aliphatic carbocycles. The highest BCUT2D eigenvalue weighted by Crippen LogP contribution is 2.14. The molecule has 1 saturated heterocycles. The summed E-state index contributed by atoms with van der Waals surface area (Å²) in [5, 5.41) is 2.79. The van der Waals surface area contributed by atoms with Gasteiger partial charge >= 0.3 is 0 Å². The standard InChI is InChI=1S/C20H22FN3O2/c1-23-10-12-24(13-11-23)20(26)16-4-8-18(9-5-16)22-19(25)14-15-2-6-17(21)7-3-15/h2-9H,10-14H2,1H3,(H,22,25). The summed E-state index contributed by atoms with van der Waals surface area (Å²) in [4.78, 5) is 28.6. The fourth-order valence-corrected chi connectivity index (χ4v) is 2.88. The van der Waals surface area contributed by atoms with Crippen molar-refractivity contribution in [1.29, 1.82) is 0 Å². The van der Waals surface area contributed by atoms with Gasteiger partial charge in [-0.25, -0.2) is 4.39 Å². The van der Waals surface area contributed by atoms with Crippen LogP contribution in [-0.2, 0) is 11.2 Å². The van der Waals surface area contributed by atoms with E-state index in [-0.39, 0.29) is 24.1 Å². The van der Waals surface area contributed by atoms with Gasteiger partial charge in [-0.1, -0.05) is 12.1 Å². The van der Waals surface area contributed by atoms with Crippen molar-refractivity contribution in [2.75, 3.05) is 38.5 Å². The molecule has 5 nitrogen and oxygen atoms in total. The first-order valence-corrected chi connectivity index (χ1v) is 8.63. The third-order valence-electron chi connectivity index (χ3n) is 4.48. The van der Waals surface area contributed by atoms with Crippen LogP contribution in [-0.4, -0.2) is 54.8 Å². The van der Waals surface area contributed by atoms with Gasteiger partial charge in [0.25, 0.3) is 5.91 Å². The van der Waals surface area contributed by atoms with Gasteiger partial charge in [0.15, 0.2) is 0 Å². The molecule has 2 amide bonds. The Morgan fingerprint density at radius 1 is 0.962 bits per heavy atom. The summed E-state index contributed by atoms with van der Waals surface area (Å²) in [6.45, 7) is 3.21. The van der Waals surface area contributed by atoms with Crippen LogP contribution in [0.1, 0.15) is 15.9 Å². The van der Waals surface area contributed by atoms with Crippen molar-refractivity contribution in [3.05, 3.63) is 65.5 Å². The number of nitrogens with zero attached hydrogens (tertiary/aromatic N) is 2. The van der Waals surface area contributed by atoms with E-state index in [1.54, 1.807) is 36.4 Å². The SMILES string of the molecule is CN1CCN(C(=O)c2ccc(NC(=O)Cc3ccc(F)cc3)cc2)CC1. The number of halogens is 1. The lowest BCUT2D eigenvalue weighted by molar-refractivity contribution is -0.115. The van der Waals surface area contributed by atoms with Crippen LogP contribution in [0.15, 0.2) is 48.5 Å². The van der Waals surface area contributed by atoms with Crippen molar-refractivity contribution in [1.82, 2.24) is 9.80 Å². The molecule has 1 heterocycles. The van der Waals surface area contributed by atoms with E-state index in [0.29, 0.717) is 11.3 Å². The molecule has 1 aliphatic heterocycles. The summed E-state index contributed by atoms with van der Waals surface area (Å²) >= 11 is 0. The topological polar surface area (TPSA) is 52.6 Å². The van der Waals surface area contributed by atoms with E-state index in [1.807, 2.05) is 11.9 Å². The van der Waals surface area contributed by atoms with Crippen molar-refractivity contribution in [2.24, 2.45) is 0 Å². The first-order chi connectivity index (χ1) is 12.5. The zero-order chi connectivity index (χ0) is 18.5. The third kappa shape index (κ3) is 4.67. The molecule has 0 atom stereocenters. The Bertz CT molecular complexity index is 767. The molecule has 2 aromatic carbocycles. The Morgan fingerprint density at radius 3 is 2.19 bits per heavy atom. The normalized spacial score (nSPS) is 14.9. The molecule has 0 unspecified atom stereocenters. The summed E-state index contributed by atoms with van der Waals surface area (Å²) in [6, 6.07) is 12.8. The zero-order valence-corrected chi connectivity index (χ0v) is 14.7. The van der Waals surface area contributed by atoms with Gasteiger partial charge < -0.3 is 15.1 Å². The molecule has 0 radical (unpaired) electrons. The molecule has 0 aromatic heterocycles. The fourth-order valence-electron chi connectivity index (χ4n) is 2.88. The number of piperazine rings is 1. The Hall–Kier alpha value is -2.73. The second-order valence-electron chi connectivity index (χ2n) is 6.52. The number of anilines is 1. The van der Waals surface area contributed by atoms with Gasteiger partial charge in [0, 0.05) is 37.4 Å². The maximum absolute atomic E-state index is 12.9. The van der Waals surface area contributed by atoms with Gasteiger partial charge in [0.05, 0.1) is 6.42 Å². The summed E-state index contributed by atoms with van der Waals surface area (Å²) < 4.78 is 12.9. The van der Waals surface area contributed by atoms with Crippen molar-refractivity contribution < 1.29 is 14.0 Å². The highest BCUT2D eigenvalue weighted by atomic mass is 19.1. The molecule has 2 aromatic rings. The van der Waals surface area contributed by atoms with Crippen LogP contribution in [0.4, 0.5) is 10.1 Å². The summed E-state index contributed by atoms with van der Waals surface area (Å²) in [5.41, 5.74) is 1.99. The number of hydrogen-bond acceptors (Lipinski definition) is 3. The van der Waals surface area contributed by atoms with Gasteiger partial charge in [0.1, 0.15) is 5.82 Å². The van der Waals surface area contributed by atoms with Gasteiger partial charge in [-0.15, -0.1) is 0 Å². The van der Waals surface area contributed by atoms with Gasteiger partial charge in [0.2, 0.25) is 5.91 Å². The predicted octanol–water partition coefficient (Wildman–Crippen LogP) is 2.39. The molecule has 1 N–H and O–H groups in total. The Kier molecular flexibility index (Phi) is 5.63. The number of carbonyl (C=O) groups is 2. The van der Waals surface area contributed by atoms with E-state index in [1.165, 1.54) is 12.1 Å². The minimum Gasteiger partial charge on any atom is -0.336 e. The van der Waals surface area contributed by atoms with Gasteiger partial charge in [-0.2, -0.15) is 0 Å². The lowest BCUT2D eigenvalue weighted by Crippen LogP contribution is -2.47. The molecule has 26 heavy (non-hydrogen) atoms. The van der Waals surface area contributed by atoms with E-state index < -0.39 is 0 Å². The Balaban J connectivity index is 1.56. The van der Waals surface area contributed by atoms with Gasteiger partial charge in [-0.05, 0) is 49.0 Å². The first-order valence-electron chi connectivity index (χ1n) is 8.63. The molecular formula is C20H22FN3O2. The second-order valence-corrected chi connectivity index (χ2v) is 6.52. The first kappa shape index (κ1) is 18.1. The fraction of sp³-hybridized carbons (Fsp3) is 0.300. The van der Waals surface area contributed by atoms with Crippen LogP contribution in [0, 0.1) is 5.82 Å². The second kappa shape index (κ2) is 8.10. The third-order valence-corrected chi connectivity index (χ3v) is 4.48. The van der Waals surface area contributed by atoms with Crippen LogP contribution in [0.2, 0.25) is 0 Å². The average Bonchev–Trinajstić information content (AvgIpc) is 2.64. The average molecular weight is 355 g/mol. The maximum atomic E-state index is 12.9. The molecule has 136 valence electrons. The van der Waals surface area contributed by atoms with Crippen LogP contribution in [0.5, 0.6) is 0 Å². The van der Waals surface area contributed by atoms with Gasteiger partial charge in [-0.3, -0.25) is 9.59 Å². The number of nitrogens with one attached hydrogen (secondary N) is 1. The minimum atomic E-state index is -0.324. The Labute approximate surface area is 152 Å². The van der Waals surface area contributed by atoms with Crippen molar-refractivity contribution >= 4 is 17.5 Å². The molecule has 1 aliphatic rings. The van der Waals surface area contributed by atoms with E-state index in [0.717, 1.165) is 31.7 Å². The van der Waals surface area contributed by atoms with E-state index >= 15 is 0 Å². The highest BCUT2D eigenvalue weighted by Gasteiger charge is 2.20. The summed E-state index contributed by atoms with van der Waals surface area (Å²) in [6.07, 6.45) is 0.169. The highest BCUT2D eigenvalue weighted by molar-refractivity contribution is 5.96. The predicted molar refractivity (Wildman–Crippen MR) is 98.6 cm³/mol. The van der Waals surface area contributed by atoms with Crippen molar-refractivity contribution in [2.45, 2.75) is 6.42 Å². The van der Waals surface area contributed by atoms with Crippen molar-refractivity contribution in [3.63, 3.8) is 0 Å². The van der Waals surface area contributed by atoms with E-state index in [2.05, 4.69) is 10.2 Å². The molecular weight excluding hydrogens is 333 g/mol. The summed E-state index contributed by atoms with van der Waals surface area (Å²) in [5.74, 6) is -0.494. The lowest BCUT2D eigenvalue weighted by atomic mass is 10.1. The Morgan fingerprint density at radius 2 is 1.58 bits per heavy atom. The molecule has 0 spiro atoms. The van der Waals surface area contributed by atoms with E-state index in [9.17, 15) is 14.0 Å². The quantitative estimate of drug-likeness (QED) is 0.916. The number of likely N-dealkylation sites (N-methyl/N-ethyl adjacent to an activating group) is 1. The monoisotopic (exact) mass is 355 g/mol.